The summed E-state index contributed by atoms with van der Waals surface area (Å²) in [4.78, 5) is 0. The third-order valence-electron chi connectivity index (χ3n) is 3.85. The summed E-state index contributed by atoms with van der Waals surface area (Å²) in [6.07, 6.45) is 2.03. The summed E-state index contributed by atoms with van der Waals surface area (Å²) in [5.41, 5.74) is 0.765. The molecule has 0 saturated carbocycles. The minimum Gasteiger partial charge on any atom is -0.411 e. The number of oxime groups is 2. The predicted octanol–water partition coefficient (Wildman–Crippen LogP) is 2.20. The van der Waals surface area contributed by atoms with Crippen LogP contribution in [0.2, 0.25) is 0 Å². The van der Waals surface area contributed by atoms with Crippen molar-refractivity contribution in [3.63, 3.8) is 0 Å². The number of unbranched alkanes of at least 4 members (excludes halogenated alkanes) is 1. The molecule has 0 heterocycles. The molecule has 125 valence electrons. The van der Waals surface area contributed by atoms with Crippen LogP contribution in [0, 0.1) is 0 Å². The van der Waals surface area contributed by atoms with Crippen LogP contribution in [0.4, 0.5) is 0 Å². The number of hydrogen-bond donors (Lipinski definition) is 4. The zero-order chi connectivity index (χ0) is 15.8. The summed E-state index contributed by atoms with van der Waals surface area (Å²) in [6.45, 7) is 13.3. The fourth-order valence-electron chi connectivity index (χ4n) is 1.56. The minimum absolute atomic E-state index is 0. The summed E-state index contributed by atoms with van der Waals surface area (Å²) in [6, 6.07) is 0. The first-order valence-corrected chi connectivity index (χ1v) is 7.05. The topological polar surface area (TPSA) is 89.2 Å². The Morgan fingerprint density at radius 1 is 0.810 bits per heavy atom. The Bertz CT molecular complexity index is 321. The molecule has 0 aliphatic rings. The van der Waals surface area contributed by atoms with Crippen LogP contribution in [-0.4, -0.2) is 46.0 Å². The van der Waals surface area contributed by atoms with Gasteiger partial charge in [0.1, 0.15) is 0 Å². The van der Waals surface area contributed by atoms with Crippen LogP contribution in [0.3, 0.4) is 0 Å². The third-order valence-corrected chi connectivity index (χ3v) is 3.85. The van der Waals surface area contributed by atoms with Gasteiger partial charge in [-0.1, -0.05) is 10.3 Å². The van der Waals surface area contributed by atoms with Crippen LogP contribution in [0.5, 0.6) is 0 Å². The summed E-state index contributed by atoms with van der Waals surface area (Å²) in [7, 11) is 0. The summed E-state index contributed by atoms with van der Waals surface area (Å²) < 4.78 is 0. The second-order valence-electron chi connectivity index (χ2n) is 6.18. The van der Waals surface area contributed by atoms with Crippen LogP contribution in [0.1, 0.15) is 54.4 Å². The fraction of sp³-hybridized carbons (Fsp3) is 0.857. The van der Waals surface area contributed by atoms with Crippen molar-refractivity contribution in [1.29, 1.82) is 0 Å². The monoisotopic (exact) mass is 383 g/mol. The van der Waals surface area contributed by atoms with E-state index in [-0.39, 0.29) is 31.2 Å². The maximum absolute atomic E-state index is 8.78. The molecule has 0 fully saturated rings. The fourth-order valence-corrected chi connectivity index (χ4v) is 1.56. The van der Waals surface area contributed by atoms with E-state index in [1.54, 1.807) is 13.8 Å². The van der Waals surface area contributed by atoms with Crippen LogP contribution >= 0.6 is 0 Å². The molecule has 0 aromatic carbocycles. The number of rotatable bonds is 9. The Balaban J connectivity index is 0. The molecule has 0 rings (SSSR count). The van der Waals surface area contributed by atoms with E-state index >= 15 is 0 Å². The van der Waals surface area contributed by atoms with Gasteiger partial charge in [0.2, 0.25) is 0 Å². The van der Waals surface area contributed by atoms with E-state index < -0.39 is 0 Å². The van der Waals surface area contributed by atoms with E-state index in [1.807, 2.05) is 27.7 Å². The molecule has 0 aliphatic carbocycles. The van der Waals surface area contributed by atoms with Gasteiger partial charge in [-0.3, -0.25) is 0 Å². The molecule has 0 spiro atoms. The molecule has 21 heavy (non-hydrogen) atoms. The summed E-state index contributed by atoms with van der Waals surface area (Å²) in [5, 5.41) is 30.8. The smallest absolute Gasteiger partial charge is 0.0734 e. The van der Waals surface area contributed by atoms with Gasteiger partial charge in [0.05, 0.1) is 22.5 Å². The molecule has 0 atom stereocenters. The molecule has 4 N–H and O–H groups in total. The van der Waals surface area contributed by atoms with Crippen molar-refractivity contribution in [2.45, 2.75) is 65.5 Å². The van der Waals surface area contributed by atoms with Crippen molar-refractivity contribution in [2.24, 2.45) is 10.3 Å². The van der Waals surface area contributed by atoms with Crippen LogP contribution in [0.25, 0.3) is 0 Å². The first kappa shape index (κ1) is 22.8. The number of nitrogens with zero attached hydrogens (tertiary/aromatic N) is 2. The normalized spacial score (nSPS) is 14.0. The molecule has 0 amide bonds. The average molecular weight is 384 g/mol. The van der Waals surface area contributed by atoms with Gasteiger partial charge in [-0.05, 0) is 67.5 Å². The van der Waals surface area contributed by atoms with E-state index in [9.17, 15) is 0 Å². The van der Waals surface area contributed by atoms with Crippen LogP contribution in [0.15, 0.2) is 10.3 Å². The van der Waals surface area contributed by atoms with Crippen molar-refractivity contribution in [3.8, 4) is 0 Å². The van der Waals surface area contributed by atoms with Gasteiger partial charge in [0, 0.05) is 20.1 Å². The molecule has 0 aromatic rings. The average Bonchev–Trinajstić information content (AvgIpc) is 2.40. The van der Waals surface area contributed by atoms with Gasteiger partial charge in [0.15, 0.2) is 0 Å². The molecule has 0 aliphatic heterocycles. The van der Waals surface area contributed by atoms with E-state index in [0.717, 1.165) is 25.9 Å². The molecular formula is C14H30N4O2Tc. The van der Waals surface area contributed by atoms with Crippen molar-refractivity contribution in [1.82, 2.24) is 10.6 Å². The SMILES string of the molecule is C/C(=N/O)C(C)(C)NCCCCNC(C)(C)/C(C)=N/O.[Tc]. The van der Waals surface area contributed by atoms with Crippen LogP contribution < -0.4 is 10.6 Å². The molecular weight excluding hydrogens is 354 g/mol. The first-order chi connectivity index (χ1) is 9.17. The summed E-state index contributed by atoms with van der Waals surface area (Å²) in [5.74, 6) is 0. The molecule has 7 heteroatoms. The first-order valence-electron chi connectivity index (χ1n) is 7.05. The van der Waals surface area contributed by atoms with Crippen LogP contribution in [-0.2, 0) is 20.1 Å². The van der Waals surface area contributed by atoms with E-state index in [1.165, 1.54) is 0 Å². The molecule has 0 aromatic heterocycles. The van der Waals surface area contributed by atoms with Crippen molar-refractivity contribution >= 4 is 11.4 Å². The number of nitrogens with one attached hydrogen (secondary N) is 2. The van der Waals surface area contributed by atoms with Gasteiger partial charge >= 0.3 is 0 Å². The predicted molar refractivity (Wildman–Crippen MR) is 83.2 cm³/mol. The Morgan fingerprint density at radius 3 is 1.33 bits per heavy atom. The molecule has 0 bridgehead atoms. The summed E-state index contributed by atoms with van der Waals surface area (Å²) >= 11 is 0. The van der Waals surface area contributed by atoms with Gasteiger partial charge in [-0.2, -0.15) is 0 Å². The number of hydrogen-bond acceptors (Lipinski definition) is 6. The van der Waals surface area contributed by atoms with Crippen molar-refractivity contribution < 1.29 is 30.5 Å². The van der Waals surface area contributed by atoms with Gasteiger partial charge in [-0.25, -0.2) is 0 Å². The Kier molecular flexibility index (Phi) is 11.1. The third kappa shape index (κ3) is 8.51. The van der Waals surface area contributed by atoms with E-state index in [2.05, 4.69) is 20.9 Å². The Hall–Kier alpha value is -0.491. The van der Waals surface area contributed by atoms with Crippen molar-refractivity contribution in [2.75, 3.05) is 13.1 Å². The zero-order valence-electron chi connectivity index (χ0n) is 14.0. The molecule has 0 saturated heterocycles. The van der Waals surface area contributed by atoms with Gasteiger partial charge in [0.25, 0.3) is 0 Å². The maximum Gasteiger partial charge on any atom is 0.0734 e. The van der Waals surface area contributed by atoms with Crippen molar-refractivity contribution in [3.05, 3.63) is 0 Å². The van der Waals surface area contributed by atoms with Gasteiger partial charge in [-0.15, -0.1) is 0 Å². The second kappa shape index (κ2) is 10.3. The second-order valence-corrected chi connectivity index (χ2v) is 6.18. The van der Waals surface area contributed by atoms with E-state index in [0.29, 0.717) is 11.4 Å². The maximum atomic E-state index is 8.78. The van der Waals surface area contributed by atoms with Gasteiger partial charge < -0.3 is 21.0 Å². The van der Waals surface area contributed by atoms with E-state index in [4.69, 9.17) is 10.4 Å². The molecule has 0 unspecified atom stereocenters. The largest absolute Gasteiger partial charge is 0.411 e. The standard InChI is InChI=1S/C14H30N4O2.Tc/c1-11(17-19)13(3,4)15-9-7-8-10-16-14(5,6)12(2)18-20;/h15-16,19-20H,7-10H2,1-6H3;/b17-11-,18-12+;. The molecule has 1 radical (unpaired) electrons. The molecule has 6 nitrogen and oxygen atoms in total. The quantitative estimate of drug-likeness (QED) is 0.212. The Labute approximate surface area is 141 Å². The zero-order valence-corrected chi connectivity index (χ0v) is 15.9. The minimum atomic E-state index is -0.290. The Morgan fingerprint density at radius 2 is 1.10 bits per heavy atom.